The van der Waals surface area contributed by atoms with Gasteiger partial charge < -0.3 is 10.4 Å². The highest BCUT2D eigenvalue weighted by atomic mass is 35.5. The Morgan fingerprint density at radius 2 is 2.06 bits per heavy atom. The average Bonchev–Trinajstić information content (AvgIpc) is 2.28. The summed E-state index contributed by atoms with van der Waals surface area (Å²) in [7, 11) is 0. The van der Waals surface area contributed by atoms with Crippen molar-refractivity contribution >= 4 is 11.6 Å². The third-order valence-electron chi connectivity index (χ3n) is 3.24. The SMILES string of the molecule is Cc1c(F)cc(Cl)c(O)c1C1CCNCC1. The molecule has 2 nitrogen and oxygen atoms in total. The number of hydrogen-bond donors (Lipinski definition) is 2. The Labute approximate surface area is 99.4 Å². The van der Waals surface area contributed by atoms with Gasteiger partial charge in [-0.05, 0) is 50.4 Å². The van der Waals surface area contributed by atoms with Gasteiger partial charge in [0.1, 0.15) is 11.6 Å². The van der Waals surface area contributed by atoms with E-state index in [2.05, 4.69) is 5.32 Å². The molecule has 0 radical (unpaired) electrons. The Morgan fingerprint density at radius 1 is 1.44 bits per heavy atom. The van der Waals surface area contributed by atoms with Gasteiger partial charge in [0.05, 0.1) is 5.02 Å². The molecule has 0 spiro atoms. The summed E-state index contributed by atoms with van der Waals surface area (Å²) < 4.78 is 13.6. The molecule has 0 aromatic heterocycles. The van der Waals surface area contributed by atoms with Crippen molar-refractivity contribution < 1.29 is 9.50 Å². The smallest absolute Gasteiger partial charge is 0.138 e. The van der Waals surface area contributed by atoms with Crippen LogP contribution in [0.25, 0.3) is 0 Å². The van der Waals surface area contributed by atoms with Gasteiger partial charge in [-0.2, -0.15) is 0 Å². The van der Waals surface area contributed by atoms with Gasteiger partial charge >= 0.3 is 0 Å². The maximum absolute atomic E-state index is 13.6. The second-order valence-corrected chi connectivity index (χ2v) is 4.66. The molecule has 1 aliphatic heterocycles. The Hall–Kier alpha value is -0.800. The van der Waals surface area contributed by atoms with Gasteiger partial charge in [-0.25, -0.2) is 4.39 Å². The third kappa shape index (κ3) is 2.02. The zero-order chi connectivity index (χ0) is 11.7. The number of hydrogen-bond acceptors (Lipinski definition) is 2. The molecule has 0 saturated carbocycles. The lowest BCUT2D eigenvalue weighted by Crippen LogP contribution is -2.27. The van der Waals surface area contributed by atoms with Crippen LogP contribution in [0.15, 0.2) is 6.07 Å². The Morgan fingerprint density at radius 3 is 2.69 bits per heavy atom. The van der Waals surface area contributed by atoms with Gasteiger partial charge in [0.25, 0.3) is 0 Å². The molecule has 2 rings (SSSR count). The molecule has 88 valence electrons. The van der Waals surface area contributed by atoms with Gasteiger partial charge in [-0.3, -0.25) is 0 Å². The first-order valence-electron chi connectivity index (χ1n) is 5.49. The summed E-state index contributed by atoms with van der Waals surface area (Å²) in [5, 5.41) is 13.3. The molecule has 0 bridgehead atoms. The molecule has 0 amide bonds. The molecule has 0 aliphatic carbocycles. The molecule has 1 aromatic rings. The van der Waals surface area contributed by atoms with Crippen LogP contribution >= 0.6 is 11.6 Å². The van der Waals surface area contributed by atoms with Crippen LogP contribution in [0.3, 0.4) is 0 Å². The molecule has 0 unspecified atom stereocenters. The van der Waals surface area contributed by atoms with Crippen LogP contribution in [0, 0.1) is 12.7 Å². The van der Waals surface area contributed by atoms with Gasteiger partial charge in [-0.15, -0.1) is 0 Å². The van der Waals surface area contributed by atoms with E-state index >= 15 is 0 Å². The summed E-state index contributed by atoms with van der Waals surface area (Å²) in [4.78, 5) is 0. The predicted molar refractivity (Wildman–Crippen MR) is 62.7 cm³/mol. The first-order valence-corrected chi connectivity index (χ1v) is 5.87. The Bertz CT molecular complexity index is 376. The average molecular weight is 244 g/mol. The maximum Gasteiger partial charge on any atom is 0.138 e. The standard InChI is InChI=1S/C12H15ClFNO/c1-7-10(14)6-9(13)12(16)11(7)8-2-4-15-5-3-8/h6,8,15-16H,2-5H2,1H3. The molecule has 0 atom stereocenters. The molecule has 1 heterocycles. The lowest BCUT2D eigenvalue weighted by Gasteiger charge is -2.25. The van der Waals surface area contributed by atoms with E-state index in [1.54, 1.807) is 6.92 Å². The van der Waals surface area contributed by atoms with Gasteiger partial charge in [0, 0.05) is 5.56 Å². The van der Waals surface area contributed by atoms with E-state index in [0.717, 1.165) is 25.9 Å². The quantitative estimate of drug-likeness (QED) is 0.795. The van der Waals surface area contributed by atoms with Crippen LogP contribution in [0.2, 0.25) is 5.02 Å². The van der Waals surface area contributed by atoms with E-state index in [4.69, 9.17) is 11.6 Å². The van der Waals surface area contributed by atoms with E-state index < -0.39 is 0 Å². The summed E-state index contributed by atoms with van der Waals surface area (Å²) in [6, 6.07) is 1.18. The summed E-state index contributed by atoms with van der Waals surface area (Å²) in [6.45, 7) is 3.50. The minimum Gasteiger partial charge on any atom is -0.506 e. The second-order valence-electron chi connectivity index (χ2n) is 4.25. The van der Waals surface area contributed by atoms with E-state index in [1.807, 2.05) is 0 Å². The van der Waals surface area contributed by atoms with Crippen molar-refractivity contribution in [1.29, 1.82) is 0 Å². The first-order chi connectivity index (χ1) is 7.61. The molecule has 1 fully saturated rings. The monoisotopic (exact) mass is 243 g/mol. The molecule has 1 saturated heterocycles. The van der Waals surface area contributed by atoms with Crippen molar-refractivity contribution in [2.24, 2.45) is 0 Å². The number of aromatic hydroxyl groups is 1. The van der Waals surface area contributed by atoms with Gasteiger partial charge in [0.15, 0.2) is 0 Å². The number of benzene rings is 1. The fourth-order valence-corrected chi connectivity index (χ4v) is 2.53. The molecule has 16 heavy (non-hydrogen) atoms. The van der Waals surface area contributed by atoms with Crippen LogP contribution < -0.4 is 5.32 Å². The highest BCUT2D eigenvalue weighted by Crippen LogP contribution is 2.39. The van der Waals surface area contributed by atoms with E-state index in [-0.39, 0.29) is 22.5 Å². The van der Waals surface area contributed by atoms with Crippen molar-refractivity contribution in [3.05, 3.63) is 28.0 Å². The number of nitrogens with one attached hydrogen (secondary N) is 1. The van der Waals surface area contributed by atoms with Crippen LogP contribution in [-0.4, -0.2) is 18.2 Å². The first kappa shape index (κ1) is 11.7. The van der Waals surface area contributed by atoms with Crippen LogP contribution in [-0.2, 0) is 0 Å². The molecule has 2 N–H and O–H groups in total. The van der Waals surface area contributed by atoms with Crippen molar-refractivity contribution in [3.63, 3.8) is 0 Å². The summed E-state index contributed by atoms with van der Waals surface area (Å²) >= 11 is 5.80. The molecule has 4 heteroatoms. The van der Waals surface area contributed by atoms with E-state index in [9.17, 15) is 9.50 Å². The fourth-order valence-electron chi connectivity index (χ4n) is 2.33. The number of halogens is 2. The lowest BCUT2D eigenvalue weighted by molar-refractivity contribution is 0.419. The van der Waals surface area contributed by atoms with Crippen molar-refractivity contribution in [2.45, 2.75) is 25.7 Å². The maximum atomic E-state index is 13.6. The molecule has 1 aliphatic rings. The lowest BCUT2D eigenvalue weighted by atomic mass is 9.86. The molecular weight excluding hydrogens is 229 g/mol. The number of piperidine rings is 1. The minimum atomic E-state index is -0.337. The third-order valence-corrected chi connectivity index (χ3v) is 3.53. The van der Waals surface area contributed by atoms with Gasteiger partial charge in [-0.1, -0.05) is 11.6 Å². The second kappa shape index (κ2) is 4.60. The van der Waals surface area contributed by atoms with E-state index in [0.29, 0.717) is 11.1 Å². The minimum absolute atomic E-state index is 0.0486. The molecular formula is C12H15ClFNO. The zero-order valence-electron chi connectivity index (χ0n) is 9.19. The van der Waals surface area contributed by atoms with Crippen molar-refractivity contribution in [2.75, 3.05) is 13.1 Å². The van der Waals surface area contributed by atoms with E-state index in [1.165, 1.54) is 6.07 Å². The topological polar surface area (TPSA) is 32.3 Å². The Balaban J connectivity index is 2.45. The Kier molecular flexibility index (Phi) is 3.36. The molecule has 1 aromatic carbocycles. The number of rotatable bonds is 1. The highest BCUT2D eigenvalue weighted by Gasteiger charge is 2.23. The highest BCUT2D eigenvalue weighted by molar-refractivity contribution is 6.32. The van der Waals surface area contributed by atoms with Gasteiger partial charge in [0.2, 0.25) is 0 Å². The predicted octanol–water partition coefficient (Wildman–Crippen LogP) is 2.96. The summed E-state index contributed by atoms with van der Waals surface area (Å²) in [5.74, 6) is -0.0850. The number of phenolic OH excluding ortho intramolecular Hbond substituents is 1. The van der Waals surface area contributed by atoms with Crippen LogP contribution in [0.5, 0.6) is 5.75 Å². The zero-order valence-corrected chi connectivity index (χ0v) is 9.94. The van der Waals surface area contributed by atoms with Crippen LogP contribution in [0.1, 0.15) is 29.9 Å². The summed E-state index contributed by atoms with van der Waals surface area (Å²) in [5.41, 5.74) is 1.21. The van der Waals surface area contributed by atoms with Crippen molar-refractivity contribution in [1.82, 2.24) is 5.32 Å². The fraction of sp³-hybridized carbons (Fsp3) is 0.500. The number of phenols is 1. The summed E-state index contributed by atoms with van der Waals surface area (Å²) in [6.07, 6.45) is 1.82. The van der Waals surface area contributed by atoms with Crippen molar-refractivity contribution in [3.8, 4) is 5.75 Å². The van der Waals surface area contributed by atoms with Crippen LogP contribution in [0.4, 0.5) is 4.39 Å². The normalized spacial score (nSPS) is 17.7. The largest absolute Gasteiger partial charge is 0.506 e.